The molecule has 0 N–H and O–H groups in total. The summed E-state index contributed by atoms with van der Waals surface area (Å²) in [5.41, 5.74) is 0. The Balaban J connectivity index is -0.000000180. The van der Waals surface area contributed by atoms with Crippen LogP contribution < -0.4 is 10.2 Å². The third kappa shape index (κ3) is 14.4. The molecule has 0 heterocycles. The van der Waals surface area contributed by atoms with E-state index in [2.05, 4.69) is 0 Å². The van der Waals surface area contributed by atoms with Crippen LogP contribution in [-0.4, -0.2) is 44.7 Å². The van der Waals surface area contributed by atoms with E-state index in [9.17, 15) is 17.6 Å². The van der Waals surface area contributed by atoms with Crippen LogP contribution in [0.25, 0.3) is 0 Å². The first-order valence-corrected chi connectivity index (χ1v) is 4.04. The zero-order valence-electron chi connectivity index (χ0n) is 6.61. The number of carboxylic acid groups (broad SMARTS) is 2. The molecule has 0 aromatic carbocycles. The molecule has 0 spiro atoms. The van der Waals surface area contributed by atoms with Crippen LogP contribution in [0.3, 0.4) is 0 Å². The number of carboxylic acids is 2. The Hall–Kier alpha value is 0.386. The third-order valence-corrected chi connectivity index (χ3v) is 1.11. The van der Waals surface area contributed by atoms with E-state index >= 15 is 0 Å². The molecule has 0 aromatic rings. The largest absolute Gasteiger partial charge is 2.00 e. The van der Waals surface area contributed by atoms with E-state index in [1.807, 2.05) is 0 Å². The number of carbonyl (C=O) groups is 2. The molecule has 0 amide bonds. The van der Waals surface area contributed by atoms with Crippen molar-refractivity contribution < 1.29 is 37.4 Å². The maximum absolute atomic E-state index is 11.1. The van der Waals surface area contributed by atoms with Crippen LogP contribution in [0.2, 0.25) is 0 Å². The predicted molar refractivity (Wildman–Crippen MR) is 43.5 cm³/mol. The van der Waals surface area contributed by atoms with Gasteiger partial charge in [0.15, 0.2) is 0 Å². The normalized spacial score (nSPS) is 10.5. The molecule has 0 saturated carbocycles. The molecule has 11 heteroatoms. The van der Waals surface area contributed by atoms with E-state index in [1.54, 1.807) is 31.9 Å². The van der Waals surface area contributed by atoms with Gasteiger partial charge in [0.2, 0.25) is 0 Å². The second-order valence-electron chi connectivity index (χ2n) is 1.57. The van der Waals surface area contributed by atoms with Crippen molar-refractivity contribution in [3.8, 4) is 0 Å². The van der Waals surface area contributed by atoms with Gasteiger partial charge in [-0.05, 0) is 31.9 Å². The van der Waals surface area contributed by atoms with Crippen molar-refractivity contribution in [2.24, 2.45) is 0 Å². The molecule has 0 unspecified atom stereocenters. The molecule has 15 heavy (non-hydrogen) atoms. The second-order valence-corrected chi connectivity index (χ2v) is 3.56. The summed E-state index contributed by atoms with van der Waals surface area (Å²) >= 11 is 3.09. The van der Waals surface area contributed by atoms with E-state index in [0.29, 0.717) is 0 Å². The van der Waals surface area contributed by atoms with E-state index in [-0.39, 0.29) is 23.1 Å². The summed E-state index contributed by atoms with van der Waals surface area (Å²) < 4.78 is 44.4. The smallest absolute Gasteiger partial charge is 0.543 e. The minimum atomic E-state index is -3.88. The molecule has 0 fully saturated rings. The van der Waals surface area contributed by atoms with Gasteiger partial charge in [-0.1, -0.05) is 0 Å². The zero-order chi connectivity index (χ0) is 12.2. The van der Waals surface area contributed by atoms with Gasteiger partial charge >= 0.3 is 32.7 Å². The van der Waals surface area contributed by atoms with Crippen molar-refractivity contribution in [1.29, 1.82) is 0 Å². The van der Waals surface area contributed by atoms with Gasteiger partial charge in [-0.15, -0.1) is 0 Å². The number of carbonyl (C=O) groups excluding carboxylic acids is 2. The van der Waals surface area contributed by atoms with E-state index < -0.39 is 21.6 Å². The Morgan fingerprint density at radius 2 is 0.933 bits per heavy atom. The predicted octanol–water partition coefficient (Wildman–Crippen LogP) is -0.933. The number of halogens is 6. The average molecular weight is 372 g/mol. The fourth-order valence-electron chi connectivity index (χ4n) is 0. The number of alkyl halides is 6. The molecule has 0 atom stereocenters. The Labute approximate surface area is 113 Å². The maximum Gasteiger partial charge on any atom is 2.00 e. The summed E-state index contributed by atoms with van der Waals surface area (Å²) in [6.45, 7) is 0. The summed E-state index contributed by atoms with van der Waals surface area (Å²) in [6, 6.07) is 0. The van der Waals surface area contributed by atoms with Crippen LogP contribution in [0.15, 0.2) is 0 Å². The average Bonchev–Trinajstić information content (AvgIpc) is 1.83. The van der Waals surface area contributed by atoms with Gasteiger partial charge in [0, 0.05) is 0 Å². The van der Waals surface area contributed by atoms with Crippen LogP contribution in [0, 0.1) is 0 Å². The summed E-state index contributed by atoms with van der Waals surface area (Å²) in [6.07, 6.45) is 0. The van der Waals surface area contributed by atoms with Crippen LogP contribution in [0.5, 0.6) is 0 Å². The molecule has 84 valence electrons. The van der Waals surface area contributed by atoms with Crippen LogP contribution in [0.4, 0.5) is 17.6 Å². The number of aliphatic carboxylic acids is 2. The molecular weight excluding hydrogens is 372 g/mol. The van der Waals surface area contributed by atoms with Gasteiger partial charge < -0.3 is 19.8 Å². The van der Waals surface area contributed by atoms with Crippen LogP contribution >= 0.6 is 31.9 Å². The van der Waals surface area contributed by atoms with Crippen molar-refractivity contribution in [2.45, 2.75) is 9.66 Å². The van der Waals surface area contributed by atoms with Gasteiger partial charge in [-0.3, -0.25) is 0 Å². The van der Waals surface area contributed by atoms with Crippen molar-refractivity contribution in [1.82, 2.24) is 0 Å². The Morgan fingerprint density at radius 3 is 0.933 bits per heavy atom. The molecule has 0 aliphatic rings. The van der Waals surface area contributed by atoms with Crippen LogP contribution in [-0.2, 0) is 9.59 Å². The standard InChI is InChI=1S/2C2HBrF2O2.Mg/c2*3-2(4,5)1(6)7;/h2*(H,6,7);/q;;+2/p-2. The van der Waals surface area contributed by atoms with Crippen molar-refractivity contribution >= 4 is 66.9 Å². The molecule has 0 saturated heterocycles. The molecule has 0 aromatic heterocycles. The van der Waals surface area contributed by atoms with Gasteiger partial charge in [0.25, 0.3) is 0 Å². The summed E-state index contributed by atoms with van der Waals surface area (Å²) in [5, 5.41) is 18.2. The molecule has 0 aliphatic heterocycles. The molecule has 0 aliphatic carbocycles. The molecule has 0 bridgehead atoms. The van der Waals surface area contributed by atoms with Crippen molar-refractivity contribution in [3.05, 3.63) is 0 Å². The fourth-order valence-corrected chi connectivity index (χ4v) is 0. The number of hydrogen-bond acceptors (Lipinski definition) is 4. The molecular formula is C4Br2F4MgO4. The summed E-state index contributed by atoms with van der Waals surface area (Å²) in [4.78, 5) is 10.5. The van der Waals surface area contributed by atoms with E-state index in [4.69, 9.17) is 19.8 Å². The van der Waals surface area contributed by atoms with E-state index in [0.717, 1.165) is 0 Å². The number of rotatable bonds is 2. The first kappa shape index (κ1) is 20.8. The molecule has 0 rings (SSSR count). The fraction of sp³-hybridized carbons (Fsp3) is 0.500. The van der Waals surface area contributed by atoms with Gasteiger partial charge in [-0.2, -0.15) is 17.6 Å². The van der Waals surface area contributed by atoms with E-state index in [1.165, 1.54) is 0 Å². The monoisotopic (exact) mass is 370 g/mol. The van der Waals surface area contributed by atoms with Gasteiger partial charge in [-0.25, -0.2) is 0 Å². The first-order chi connectivity index (χ1) is 5.89. The topological polar surface area (TPSA) is 80.3 Å². The van der Waals surface area contributed by atoms with Crippen molar-refractivity contribution in [2.75, 3.05) is 0 Å². The molecule has 4 nitrogen and oxygen atoms in total. The maximum atomic E-state index is 11.1. The Bertz CT molecular complexity index is 202. The zero-order valence-corrected chi connectivity index (χ0v) is 11.2. The van der Waals surface area contributed by atoms with Gasteiger partial charge in [0.1, 0.15) is 11.9 Å². The summed E-state index contributed by atoms with van der Waals surface area (Å²) in [7, 11) is 0. The minimum absolute atomic E-state index is 0. The SMILES string of the molecule is O=C([O-])C(F)(F)Br.O=C([O-])C(F)(F)Br.[Mg+2]. The van der Waals surface area contributed by atoms with Crippen LogP contribution in [0.1, 0.15) is 0 Å². The minimum Gasteiger partial charge on any atom is -0.543 e. The quantitative estimate of drug-likeness (QED) is 0.356. The number of hydrogen-bond donors (Lipinski definition) is 0. The summed E-state index contributed by atoms with van der Waals surface area (Å²) in [5.74, 6) is -4.85. The molecule has 0 radical (unpaired) electrons. The first-order valence-electron chi connectivity index (χ1n) is 2.45. The Kier molecular flexibility index (Phi) is 10.6. The second kappa shape index (κ2) is 7.63. The third-order valence-electron chi connectivity index (χ3n) is 0.463. The van der Waals surface area contributed by atoms with Gasteiger partial charge in [0.05, 0.1) is 0 Å². The Morgan fingerprint density at radius 1 is 0.867 bits per heavy atom. The van der Waals surface area contributed by atoms with Crippen molar-refractivity contribution in [3.63, 3.8) is 0 Å².